The summed E-state index contributed by atoms with van der Waals surface area (Å²) in [5, 5.41) is 0. The average molecular weight is 343 g/mol. The van der Waals surface area contributed by atoms with Crippen LogP contribution in [-0.2, 0) is 14.1 Å². The second-order valence-electron chi connectivity index (χ2n) is 7.40. The van der Waals surface area contributed by atoms with E-state index in [9.17, 15) is 4.79 Å². The van der Waals surface area contributed by atoms with Crippen LogP contribution >= 0.6 is 0 Å². The van der Waals surface area contributed by atoms with Gasteiger partial charge in [0.2, 0.25) is 0 Å². The first-order valence-corrected chi connectivity index (χ1v) is 8.94. The van der Waals surface area contributed by atoms with E-state index in [0.29, 0.717) is 12.0 Å². The van der Waals surface area contributed by atoms with Crippen molar-refractivity contribution in [2.45, 2.75) is 25.8 Å². The first-order chi connectivity index (χ1) is 11.9. The standard InChI is InChI=1S/C19H29N5O/c1-14-8-10-22(3)17(14)19(25)23(4)12-15-7-6-9-21(2)18(15)16-11-20-13-24(16)5/h8,10-11,13,15,18H,6-7,9,12H2,1-5H3/t15-,18+/m0/s1. The number of imidazole rings is 1. The van der Waals surface area contributed by atoms with E-state index < -0.39 is 0 Å². The number of aromatic nitrogens is 3. The monoisotopic (exact) mass is 343 g/mol. The maximum Gasteiger partial charge on any atom is 0.270 e. The maximum absolute atomic E-state index is 12.9. The molecule has 1 amide bonds. The minimum absolute atomic E-state index is 0.0991. The zero-order valence-corrected chi connectivity index (χ0v) is 15.9. The number of carbonyl (C=O) groups excluding carboxylic acids is 1. The Kier molecular flexibility index (Phi) is 4.99. The summed E-state index contributed by atoms with van der Waals surface area (Å²) in [7, 11) is 8.07. The van der Waals surface area contributed by atoms with Crippen LogP contribution in [0.5, 0.6) is 0 Å². The molecule has 136 valence electrons. The van der Waals surface area contributed by atoms with Crippen molar-refractivity contribution in [3.05, 3.63) is 41.7 Å². The van der Waals surface area contributed by atoms with Gasteiger partial charge in [-0.3, -0.25) is 9.69 Å². The fourth-order valence-electron chi connectivity index (χ4n) is 4.16. The SMILES string of the molecule is Cc1ccn(C)c1C(=O)N(C)C[C@@H]1CCCN(C)[C@H]1c1cncn1C. The van der Waals surface area contributed by atoms with Crippen molar-refractivity contribution in [3.63, 3.8) is 0 Å². The Bertz CT molecular complexity index is 727. The van der Waals surface area contributed by atoms with E-state index in [1.807, 2.05) is 62.3 Å². The molecule has 25 heavy (non-hydrogen) atoms. The van der Waals surface area contributed by atoms with Crippen LogP contribution in [0, 0.1) is 12.8 Å². The number of aryl methyl sites for hydroxylation is 3. The molecule has 0 radical (unpaired) electrons. The van der Waals surface area contributed by atoms with Crippen molar-refractivity contribution < 1.29 is 4.79 Å². The average Bonchev–Trinajstić information content (AvgIpc) is 3.13. The summed E-state index contributed by atoms with van der Waals surface area (Å²) in [6.07, 6.45) is 8.06. The lowest BCUT2D eigenvalue weighted by molar-refractivity contribution is 0.0624. The van der Waals surface area contributed by atoms with Gasteiger partial charge in [0.05, 0.1) is 18.1 Å². The summed E-state index contributed by atoms with van der Waals surface area (Å²) in [6, 6.07) is 2.29. The Morgan fingerprint density at radius 1 is 1.32 bits per heavy atom. The molecule has 1 aliphatic heterocycles. The molecule has 0 N–H and O–H groups in total. The quantitative estimate of drug-likeness (QED) is 0.855. The van der Waals surface area contributed by atoms with Gasteiger partial charge in [-0.2, -0.15) is 0 Å². The zero-order chi connectivity index (χ0) is 18.1. The van der Waals surface area contributed by atoms with E-state index in [1.54, 1.807) is 0 Å². The molecule has 1 saturated heterocycles. The zero-order valence-electron chi connectivity index (χ0n) is 15.9. The Morgan fingerprint density at radius 2 is 2.08 bits per heavy atom. The number of carbonyl (C=O) groups is 1. The lowest BCUT2D eigenvalue weighted by Gasteiger charge is -2.40. The van der Waals surface area contributed by atoms with Crippen molar-refractivity contribution in [1.82, 2.24) is 23.9 Å². The Balaban J connectivity index is 1.80. The number of piperidine rings is 1. The van der Waals surface area contributed by atoms with Gasteiger partial charge in [-0.1, -0.05) is 0 Å². The van der Waals surface area contributed by atoms with Gasteiger partial charge in [-0.25, -0.2) is 4.98 Å². The summed E-state index contributed by atoms with van der Waals surface area (Å²) >= 11 is 0. The Morgan fingerprint density at radius 3 is 2.68 bits per heavy atom. The lowest BCUT2D eigenvalue weighted by Crippen LogP contribution is -2.43. The summed E-state index contributed by atoms with van der Waals surface area (Å²) in [5.41, 5.74) is 3.04. The molecule has 2 aromatic heterocycles. The van der Waals surface area contributed by atoms with E-state index >= 15 is 0 Å². The lowest BCUT2D eigenvalue weighted by atomic mass is 9.87. The molecule has 0 spiro atoms. The summed E-state index contributed by atoms with van der Waals surface area (Å²) in [5.74, 6) is 0.505. The third-order valence-corrected chi connectivity index (χ3v) is 5.50. The Labute approximate surface area is 150 Å². The molecule has 0 bridgehead atoms. The Hall–Kier alpha value is -2.08. The topological polar surface area (TPSA) is 46.3 Å². The van der Waals surface area contributed by atoms with Gasteiger partial charge in [0, 0.05) is 40.1 Å². The van der Waals surface area contributed by atoms with Crippen LogP contribution in [0.15, 0.2) is 24.8 Å². The number of hydrogen-bond acceptors (Lipinski definition) is 3. The number of amides is 1. The number of nitrogens with zero attached hydrogens (tertiary/aromatic N) is 5. The summed E-state index contributed by atoms with van der Waals surface area (Å²) < 4.78 is 4.02. The summed E-state index contributed by atoms with van der Waals surface area (Å²) in [6.45, 7) is 3.83. The molecule has 2 aromatic rings. The van der Waals surface area contributed by atoms with Gasteiger partial charge < -0.3 is 14.0 Å². The fourth-order valence-corrected chi connectivity index (χ4v) is 4.16. The molecule has 0 saturated carbocycles. The summed E-state index contributed by atoms with van der Waals surface area (Å²) in [4.78, 5) is 21.5. The molecule has 1 fully saturated rings. The maximum atomic E-state index is 12.9. The van der Waals surface area contributed by atoms with E-state index in [1.165, 1.54) is 12.1 Å². The van der Waals surface area contributed by atoms with Crippen molar-refractivity contribution in [2.75, 3.05) is 27.2 Å². The first kappa shape index (κ1) is 17.7. The van der Waals surface area contributed by atoms with Gasteiger partial charge in [0.25, 0.3) is 5.91 Å². The molecule has 1 aliphatic rings. The molecule has 3 heterocycles. The number of likely N-dealkylation sites (tertiary alicyclic amines) is 1. The molecule has 2 atom stereocenters. The second-order valence-corrected chi connectivity index (χ2v) is 7.40. The van der Waals surface area contributed by atoms with Crippen LogP contribution in [0.1, 0.15) is 40.6 Å². The normalized spacial score (nSPS) is 21.5. The number of rotatable bonds is 4. The largest absolute Gasteiger partial charge is 0.346 e. The van der Waals surface area contributed by atoms with Crippen LogP contribution in [0.2, 0.25) is 0 Å². The van der Waals surface area contributed by atoms with Gasteiger partial charge in [0.1, 0.15) is 5.69 Å². The van der Waals surface area contributed by atoms with E-state index in [4.69, 9.17) is 0 Å². The highest BCUT2D eigenvalue weighted by atomic mass is 16.2. The smallest absolute Gasteiger partial charge is 0.270 e. The van der Waals surface area contributed by atoms with Crippen LogP contribution in [-0.4, -0.2) is 57.0 Å². The molecule has 0 aromatic carbocycles. The first-order valence-electron chi connectivity index (χ1n) is 8.94. The van der Waals surface area contributed by atoms with Gasteiger partial charge in [-0.15, -0.1) is 0 Å². The third-order valence-electron chi connectivity index (χ3n) is 5.50. The van der Waals surface area contributed by atoms with Crippen molar-refractivity contribution in [2.24, 2.45) is 20.0 Å². The predicted molar refractivity (Wildman–Crippen MR) is 98.4 cm³/mol. The minimum Gasteiger partial charge on any atom is -0.346 e. The highest BCUT2D eigenvalue weighted by Crippen LogP contribution is 2.35. The highest BCUT2D eigenvalue weighted by molar-refractivity contribution is 5.94. The molecule has 3 rings (SSSR count). The van der Waals surface area contributed by atoms with Gasteiger partial charge in [0.15, 0.2) is 0 Å². The van der Waals surface area contributed by atoms with Crippen molar-refractivity contribution >= 4 is 5.91 Å². The van der Waals surface area contributed by atoms with Crippen LogP contribution in [0.3, 0.4) is 0 Å². The third kappa shape index (κ3) is 3.35. The highest BCUT2D eigenvalue weighted by Gasteiger charge is 2.34. The van der Waals surface area contributed by atoms with Crippen LogP contribution < -0.4 is 0 Å². The van der Waals surface area contributed by atoms with Crippen molar-refractivity contribution in [1.29, 1.82) is 0 Å². The van der Waals surface area contributed by atoms with Crippen LogP contribution in [0.25, 0.3) is 0 Å². The predicted octanol–water partition coefficient (Wildman–Crippen LogP) is 2.22. The van der Waals surface area contributed by atoms with Gasteiger partial charge >= 0.3 is 0 Å². The second kappa shape index (κ2) is 7.04. The van der Waals surface area contributed by atoms with E-state index in [0.717, 1.165) is 30.8 Å². The molecular weight excluding hydrogens is 314 g/mol. The molecular formula is C19H29N5O. The molecule has 6 nitrogen and oxygen atoms in total. The minimum atomic E-state index is 0.0991. The fraction of sp³-hybridized carbons (Fsp3) is 0.579. The van der Waals surface area contributed by atoms with Crippen LogP contribution in [0.4, 0.5) is 0 Å². The van der Waals surface area contributed by atoms with Crippen molar-refractivity contribution in [3.8, 4) is 0 Å². The van der Waals surface area contributed by atoms with Gasteiger partial charge in [-0.05, 0) is 50.9 Å². The van der Waals surface area contributed by atoms with E-state index in [2.05, 4.69) is 21.5 Å². The molecule has 6 heteroatoms. The molecule has 0 aliphatic carbocycles. The van der Waals surface area contributed by atoms with E-state index in [-0.39, 0.29) is 5.91 Å². The molecule has 0 unspecified atom stereocenters. The number of hydrogen-bond donors (Lipinski definition) is 0.